The number of ether oxygens (including phenoxy) is 2. The third-order valence-electron chi connectivity index (χ3n) is 1.88. The molecule has 0 unspecified atom stereocenters. The number of benzene rings is 1. The summed E-state index contributed by atoms with van der Waals surface area (Å²) in [5, 5.41) is 0. The molecule has 0 fully saturated rings. The van der Waals surface area contributed by atoms with Crippen LogP contribution in [-0.4, -0.2) is 25.8 Å². The van der Waals surface area contributed by atoms with Gasteiger partial charge in [-0.05, 0) is 25.1 Å². The summed E-state index contributed by atoms with van der Waals surface area (Å²) < 4.78 is 10.0. The second-order valence-electron chi connectivity index (χ2n) is 3.22. The number of nitrogen functional groups attached to an aromatic ring is 2. The highest BCUT2D eigenvalue weighted by Crippen LogP contribution is 2.14. The Morgan fingerprint density at radius 1 is 1.19 bits per heavy atom. The predicted octanol–water partition coefficient (Wildman–Crippen LogP) is 1.04. The highest BCUT2D eigenvalue weighted by atomic mass is 16.6. The molecule has 0 heterocycles. The van der Waals surface area contributed by atoms with E-state index >= 15 is 0 Å². The molecule has 1 aromatic carbocycles. The molecule has 0 aliphatic heterocycles. The molecule has 0 saturated heterocycles. The first kappa shape index (κ1) is 12.3. The summed E-state index contributed by atoms with van der Waals surface area (Å²) in [6.07, 6.45) is 0. The Labute approximate surface area is 94.3 Å². The van der Waals surface area contributed by atoms with Gasteiger partial charge < -0.3 is 20.9 Å². The third-order valence-corrected chi connectivity index (χ3v) is 1.88. The lowest BCUT2D eigenvalue weighted by Crippen LogP contribution is -2.11. The minimum absolute atomic E-state index is 0.224. The number of hydrogen-bond donors (Lipinski definition) is 2. The Kier molecular flexibility index (Phi) is 4.60. The van der Waals surface area contributed by atoms with Crippen molar-refractivity contribution in [1.82, 2.24) is 0 Å². The Hall–Kier alpha value is -1.75. The normalized spacial score (nSPS) is 10.1. The molecule has 5 nitrogen and oxygen atoms in total. The molecule has 0 atom stereocenters. The number of nitrogens with two attached hydrogens (primary N) is 2. The summed E-state index contributed by atoms with van der Waals surface area (Å²) in [6.45, 7) is 3.09. The lowest BCUT2D eigenvalue weighted by molar-refractivity contribution is 0.0335. The van der Waals surface area contributed by atoms with Gasteiger partial charge in [0.25, 0.3) is 0 Å². The van der Waals surface area contributed by atoms with Gasteiger partial charge in [-0.25, -0.2) is 4.79 Å². The molecule has 0 bridgehead atoms. The van der Waals surface area contributed by atoms with Crippen LogP contribution in [0.5, 0.6) is 0 Å². The van der Waals surface area contributed by atoms with E-state index in [1.807, 2.05) is 6.92 Å². The van der Waals surface area contributed by atoms with Gasteiger partial charge in [-0.15, -0.1) is 0 Å². The molecule has 4 N–H and O–H groups in total. The SMILES string of the molecule is CCOCCOC(=O)c1cc(N)cc(N)c1. The molecule has 1 aromatic rings. The minimum atomic E-state index is -0.446. The first-order valence-corrected chi connectivity index (χ1v) is 5.04. The van der Waals surface area contributed by atoms with Crippen LogP contribution in [0.1, 0.15) is 17.3 Å². The van der Waals surface area contributed by atoms with Gasteiger partial charge in [-0.1, -0.05) is 0 Å². The zero-order valence-corrected chi connectivity index (χ0v) is 9.23. The summed E-state index contributed by atoms with van der Waals surface area (Å²) >= 11 is 0. The lowest BCUT2D eigenvalue weighted by Gasteiger charge is -2.06. The van der Waals surface area contributed by atoms with Gasteiger partial charge in [-0.3, -0.25) is 0 Å². The van der Waals surface area contributed by atoms with Crippen LogP contribution >= 0.6 is 0 Å². The Morgan fingerprint density at radius 3 is 2.38 bits per heavy atom. The fourth-order valence-electron chi connectivity index (χ4n) is 1.22. The number of esters is 1. The lowest BCUT2D eigenvalue weighted by atomic mass is 10.2. The van der Waals surface area contributed by atoms with Crippen molar-refractivity contribution in [3.05, 3.63) is 23.8 Å². The van der Waals surface area contributed by atoms with Crippen molar-refractivity contribution < 1.29 is 14.3 Å². The number of anilines is 2. The van der Waals surface area contributed by atoms with Crippen molar-refractivity contribution >= 4 is 17.3 Å². The van der Waals surface area contributed by atoms with Gasteiger partial charge in [0.2, 0.25) is 0 Å². The standard InChI is InChI=1S/C11H16N2O3/c1-2-15-3-4-16-11(14)8-5-9(12)7-10(13)6-8/h5-7H,2-4,12-13H2,1H3. The van der Waals surface area contributed by atoms with E-state index in [4.69, 9.17) is 20.9 Å². The first-order chi connectivity index (χ1) is 7.63. The largest absolute Gasteiger partial charge is 0.460 e. The van der Waals surface area contributed by atoms with Gasteiger partial charge in [0.15, 0.2) is 0 Å². The summed E-state index contributed by atoms with van der Waals surface area (Å²) in [5.41, 5.74) is 12.4. The summed E-state index contributed by atoms with van der Waals surface area (Å²) in [7, 11) is 0. The van der Waals surface area contributed by atoms with Crippen LogP contribution in [0.4, 0.5) is 11.4 Å². The summed E-state index contributed by atoms with van der Waals surface area (Å²) in [5.74, 6) is -0.446. The average Bonchev–Trinajstić information content (AvgIpc) is 2.22. The molecule has 16 heavy (non-hydrogen) atoms. The molecular formula is C11H16N2O3. The molecule has 0 amide bonds. The number of rotatable bonds is 5. The molecule has 88 valence electrons. The van der Waals surface area contributed by atoms with Crippen molar-refractivity contribution in [2.24, 2.45) is 0 Å². The van der Waals surface area contributed by atoms with Crippen molar-refractivity contribution in [2.45, 2.75) is 6.92 Å². The topological polar surface area (TPSA) is 87.6 Å². The summed E-state index contributed by atoms with van der Waals surface area (Å²) in [6, 6.07) is 4.63. The molecule has 1 rings (SSSR count). The summed E-state index contributed by atoms with van der Waals surface area (Å²) in [4.78, 5) is 11.5. The monoisotopic (exact) mass is 224 g/mol. The van der Waals surface area contributed by atoms with E-state index in [-0.39, 0.29) is 6.61 Å². The van der Waals surface area contributed by atoms with E-state index in [0.29, 0.717) is 30.2 Å². The van der Waals surface area contributed by atoms with E-state index < -0.39 is 5.97 Å². The predicted molar refractivity (Wildman–Crippen MR) is 62.0 cm³/mol. The van der Waals surface area contributed by atoms with E-state index in [1.54, 1.807) is 6.07 Å². The van der Waals surface area contributed by atoms with Crippen LogP contribution in [0.2, 0.25) is 0 Å². The van der Waals surface area contributed by atoms with Gasteiger partial charge in [0.05, 0.1) is 12.2 Å². The van der Waals surface area contributed by atoms with Gasteiger partial charge in [0, 0.05) is 18.0 Å². The molecule has 0 aliphatic rings. The van der Waals surface area contributed by atoms with Crippen molar-refractivity contribution in [3.8, 4) is 0 Å². The fourth-order valence-corrected chi connectivity index (χ4v) is 1.22. The Morgan fingerprint density at radius 2 is 1.81 bits per heavy atom. The molecule has 0 spiro atoms. The Bertz CT molecular complexity index is 346. The van der Waals surface area contributed by atoms with Crippen LogP contribution in [0.3, 0.4) is 0 Å². The zero-order valence-electron chi connectivity index (χ0n) is 9.23. The van der Waals surface area contributed by atoms with Gasteiger partial charge in [0.1, 0.15) is 6.61 Å². The average molecular weight is 224 g/mol. The molecule has 0 saturated carbocycles. The second-order valence-corrected chi connectivity index (χ2v) is 3.22. The quantitative estimate of drug-likeness (QED) is 0.443. The van der Waals surface area contributed by atoms with E-state index in [9.17, 15) is 4.79 Å². The van der Waals surface area contributed by atoms with Crippen molar-refractivity contribution in [1.29, 1.82) is 0 Å². The van der Waals surface area contributed by atoms with Crippen LogP contribution in [0.15, 0.2) is 18.2 Å². The van der Waals surface area contributed by atoms with Gasteiger partial charge in [-0.2, -0.15) is 0 Å². The van der Waals surface area contributed by atoms with Gasteiger partial charge >= 0.3 is 5.97 Å². The zero-order chi connectivity index (χ0) is 12.0. The van der Waals surface area contributed by atoms with Crippen molar-refractivity contribution in [3.63, 3.8) is 0 Å². The van der Waals surface area contributed by atoms with E-state index in [1.165, 1.54) is 12.1 Å². The van der Waals surface area contributed by atoms with Crippen LogP contribution < -0.4 is 11.5 Å². The maximum Gasteiger partial charge on any atom is 0.338 e. The fraction of sp³-hybridized carbons (Fsp3) is 0.364. The van der Waals surface area contributed by atoms with E-state index in [2.05, 4.69) is 0 Å². The number of carbonyl (C=O) groups excluding carboxylic acids is 1. The Balaban J connectivity index is 2.52. The highest BCUT2D eigenvalue weighted by molar-refractivity contribution is 5.91. The number of hydrogen-bond acceptors (Lipinski definition) is 5. The maximum atomic E-state index is 11.5. The smallest absolute Gasteiger partial charge is 0.338 e. The molecular weight excluding hydrogens is 208 g/mol. The van der Waals surface area contributed by atoms with Crippen LogP contribution in [-0.2, 0) is 9.47 Å². The maximum absolute atomic E-state index is 11.5. The second kappa shape index (κ2) is 5.97. The first-order valence-electron chi connectivity index (χ1n) is 5.04. The van der Waals surface area contributed by atoms with Crippen LogP contribution in [0, 0.1) is 0 Å². The molecule has 5 heteroatoms. The highest BCUT2D eigenvalue weighted by Gasteiger charge is 2.08. The van der Waals surface area contributed by atoms with Crippen LogP contribution in [0.25, 0.3) is 0 Å². The number of carbonyl (C=O) groups is 1. The van der Waals surface area contributed by atoms with E-state index in [0.717, 1.165) is 0 Å². The molecule has 0 aliphatic carbocycles. The minimum Gasteiger partial charge on any atom is -0.460 e. The molecule has 0 aromatic heterocycles. The van der Waals surface area contributed by atoms with Crippen molar-refractivity contribution in [2.75, 3.05) is 31.3 Å². The molecule has 0 radical (unpaired) electrons. The third kappa shape index (κ3) is 3.78.